The Morgan fingerprint density at radius 1 is 1.09 bits per heavy atom. The molecule has 0 radical (unpaired) electrons. The number of alkyl halides is 4. The summed E-state index contributed by atoms with van der Waals surface area (Å²) in [6.45, 7) is 0. The molecule has 0 aliphatic carbocycles. The molecule has 0 spiro atoms. The lowest BCUT2D eigenvalue weighted by Crippen LogP contribution is -2.51. The van der Waals surface area contributed by atoms with E-state index < -0.39 is 36.6 Å². The predicted molar refractivity (Wildman–Crippen MR) is 115 cm³/mol. The third-order valence-electron chi connectivity index (χ3n) is 5.46. The van der Waals surface area contributed by atoms with E-state index in [9.17, 15) is 27.5 Å². The molecule has 3 aromatic rings. The largest absolute Gasteiger partial charge is 0.497 e. The van der Waals surface area contributed by atoms with Gasteiger partial charge in [0.2, 0.25) is 5.72 Å². The number of benzene rings is 2. The fraction of sp³-hybridized carbons (Fsp3) is 0.261. The third-order valence-corrected chi connectivity index (χ3v) is 5.46. The van der Waals surface area contributed by atoms with Gasteiger partial charge in [0.15, 0.2) is 0 Å². The highest BCUT2D eigenvalue weighted by Crippen LogP contribution is 2.38. The number of amides is 1. The van der Waals surface area contributed by atoms with Crippen molar-refractivity contribution in [3.8, 4) is 22.8 Å². The van der Waals surface area contributed by atoms with Crippen LogP contribution in [0.1, 0.15) is 16.8 Å². The highest BCUT2D eigenvalue weighted by atomic mass is 19.3. The summed E-state index contributed by atoms with van der Waals surface area (Å²) in [5.41, 5.74) is -3.39. The number of aliphatic hydroxyl groups is 1. The number of ether oxygens (including phenoxy) is 2. The molecule has 0 fully saturated rings. The molecule has 11 heteroatoms. The molecule has 1 amide bonds. The fourth-order valence-corrected chi connectivity index (χ4v) is 3.72. The Morgan fingerprint density at radius 2 is 1.82 bits per heavy atom. The minimum atomic E-state index is -3.54. The van der Waals surface area contributed by atoms with Crippen LogP contribution in [0.2, 0.25) is 0 Å². The second-order valence-corrected chi connectivity index (χ2v) is 7.50. The maximum Gasteiger partial charge on any atom is 0.287 e. The van der Waals surface area contributed by atoms with Gasteiger partial charge in [-0.15, -0.1) is 0 Å². The number of fused-ring (bicyclic) bond motifs is 1. The minimum Gasteiger partial charge on any atom is -0.497 e. The van der Waals surface area contributed by atoms with Crippen molar-refractivity contribution in [3.63, 3.8) is 0 Å². The fourth-order valence-electron chi connectivity index (χ4n) is 3.72. The van der Waals surface area contributed by atoms with Crippen molar-refractivity contribution in [3.05, 3.63) is 54.1 Å². The van der Waals surface area contributed by atoms with Gasteiger partial charge in [-0.1, -0.05) is 18.2 Å². The monoisotopic (exact) mass is 477 g/mol. The van der Waals surface area contributed by atoms with E-state index in [0.717, 1.165) is 0 Å². The molecule has 2 heterocycles. The topological polar surface area (TPSA) is 84.2 Å². The quantitative estimate of drug-likeness (QED) is 0.534. The van der Waals surface area contributed by atoms with Crippen molar-refractivity contribution in [2.24, 2.45) is 5.10 Å². The molecule has 1 aromatic heterocycles. The van der Waals surface area contributed by atoms with Gasteiger partial charge in [-0.2, -0.15) is 10.1 Å². The summed E-state index contributed by atoms with van der Waals surface area (Å²) in [5.74, 6) is -0.318. The molecule has 4 rings (SSSR count). The molecular weight excluding hydrogens is 458 g/mol. The highest BCUT2D eigenvalue weighted by molar-refractivity contribution is 6.08. The van der Waals surface area contributed by atoms with Crippen LogP contribution in [-0.4, -0.2) is 59.5 Å². The van der Waals surface area contributed by atoms with Crippen LogP contribution in [0, 0.1) is 0 Å². The van der Waals surface area contributed by atoms with E-state index in [1.807, 2.05) is 0 Å². The number of pyridine rings is 1. The Hall–Kier alpha value is -3.73. The second kappa shape index (κ2) is 8.90. The van der Waals surface area contributed by atoms with E-state index >= 15 is 0 Å². The molecule has 0 saturated carbocycles. The zero-order chi connectivity index (χ0) is 24.6. The van der Waals surface area contributed by atoms with Crippen LogP contribution in [0.3, 0.4) is 0 Å². The molecule has 7 nitrogen and oxygen atoms in total. The van der Waals surface area contributed by atoms with Crippen LogP contribution in [0.5, 0.6) is 11.5 Å². The van der Waals surface area contributed by atoms with Gasteiger partial charge in [-0.25, -0.2) is 22.5 Å². The van der Waals surface area contributed by atoms with Crippen LogP contribution in [0.15, 0.2) is 53.6 Å². The molecule has 1 atom stereocenters. The Morgan fingerprint density at radius 3 is 2.47 bits per heavy atom. The van der Waals surface area contributed by atoms with Crippen molar-refractivity contribution >= 4 is 22.5 Å². The Balaban J connectivity index is 1.92. The average molecular weight is 477 g/mol. The lowest BCUT2D eigenvalue weighted by molar-refractivity contribution is -0.164. The zero-order valence-corrected chi connectivity index (χ0v) is 18.0. The van der Waals surface area contributed by atoms with Gasteiger partial charge < -0.3 is 14.6 Å². The first-order valence-electron chi connectivity index (χ1n) is 10.0. The number of rotatable bonds is 6. The molecule has 1 aliphatic rings. The van der Waals surface area contributed by atoms with Gasteiger partial charge in [0.05, 0.1) is 31.0 Å². The summed E-state index contributed by atoms with van der Waals surface area (Å²) in [6.07, 6.45) is -7.93. The van der Waals surface area contributed by atoms with E-state index in [4.69, 9.17) is 9.47 Å². The number of carbonyl (C=O) groups excluding carboxylic acids is 1. The predicted octanol–water partition coefficient (Wildman–Crippen LogP) is 4.34. The van der Waals surface area contributed by atoms with Crippen molar-refractivity contribution in [2.45, 2.75) is 25.0 Å². The summed E-state index contributed by atoms with van der Waals surface area (Å²) in [5, 5.41) is 14.1. The van der Waals surface area contributed by atoms with Crippen molar-refractivity contribution in [1.82, 2.24) is 9.99 Å². The number of hydrogen-bond donors (Lipinski definition) is 1. The van der Waals surface area contributed by atoms with E-state index in [-0.39, 0.29) is 21.7 Å². The normalized spacial score (nSPS) is 18.0. The van der Waals surface area contributed by atoms with E-state index in [2.05, 4.69) is 10.1 Å². The minimum absolute atomic E-state index is 0.0352. The summed E-state index contributed by atoms with van der Waals surface area (Å²) < 4.78 is 64.5. The molecule has 2 aromatic carbocycles. The van der Waals surface area contributed by atoms with Gasteiger partial charge in [0, 0.05) is 17.4 Å². The standard InChI is InChI=1S/C23H19F4N3O4/c1-33-12-7-8-19(34-2)15(9-12)17-10-14(13-5-3-4-6-16(13)28-17)21(31)30-23(32,22(26)27)11-18(29-30)20(24)25/h3-10,20,22,32H,11H2,1-2H3/t23-/m1/s1. The molecule has 34 heavy (non-hydrogen) atoms. The number of carbonyl (C=O) groups is 1. The maximum absolute atomic E-state index is 13.7. The molecule has 0 bridgehead atoms. The van der Waals surface area contributed by atoms with Crippen LogP contribution >= 0.6 is 0 Å². The second-order valence-electron chi connectivity index (χ2n) is 7.50. The molecular formula is C23H19F4N3O4. The average Bonchev–Trinajstić information content (AvgIpc) is 3.21. The molecule has 1 aliphatic heterocycles. The van der Waals surface area contributed by atoms with Crippen molar-refractivity contribution in [1.29, 1.82) is 0 Å². The van der Waals surface area contributed by atoms with Crippen molar-refractivity contribution in [2.75, 3.05) is 14.2 Å². The molecule has 1 N–H and O–H groups in total. The smallest absolute Gasteiger partial charge is 0.287 e. The summed E-state index contributed by atoms with van der Waals surface area (Å²) in [4.78, 5) is 17.9. The number of halogens is 4. The van der Waals surface area contributed by atoms with Crippen LogP contribution in [-0.2, 0) is 0 Å². The van der Waals surface area contributed by atoms with E-state index in [1.165, 1.54) is 26.4 Å². The van der Waals surface area contributed by atoms with Gasteiger partial charge >= 0.3 is 0 Å². The number of nitrogens with zero attached hydrogens (tertiary/aromatic N) is 3. The number of hydrogen-bond acceptors (Lipinski definition) is 6. The highest BCUT2D eigenvalue weighted by Gasteiger charge is 2.53. The van der Waals surface area contributed by atoms with Gasteiger partial charge in [-0.3, -0.25) is 4.79 Å². The Labute approximate surface area is 191 Å². The van der Waals surface area contributed by atoms with Gasteiger partial charge in [0.25, 0.3) is 18.8 Å². The van der Waals surface area contributed by atoms with Crippen LogP contribution in [0.4, 0.5) is 17.6 Å². The third kappa shape index (κ3) is 3.92. The molecule has 0 unspecified atom stereocenters. The summed E-state index contributed by atoms with van der Waals surface area (Å²) in [7, 11) is 2.90. The van der Waals surface area contributed by atoms with Crippen molar-refractivity contribution < 1.29 is 36.9 Å². The number of methoxy groups -OCH3 is 2. The van der Waals surface area contributed by atoms with Gasteiger partial charge in [0.1, 0.15) is 17.2 Å². The van der Waals surface area contributed by atoms with Crippen LogP contribution in [0.25, 0.3) is 22.2 Å². The Bertz CT molecular complexity index is 1280. The molecule has 178 valence electrons. The molecule has 0 saturated heterocycles. The summed E-state index contributed by atoms with van der Waals surface area (Å²) >= 11 is 0. The first-order valence-corrected chi connectivity index (χ1v) is 10.0. The first-order chi connectivity index (χ1) is 16.2. The maximum atomic E-state index is 13.7. The number of hydrazone groups is 1. The lowest BCUT2D eigenvalue weighted by Gasteiger charge is -2.30. The number of para-hydroxylation sites is 1. The van der Waals surface area contributed by atoms with Gasteiger partial charge in [-0.05, 0) is 30.3 Å². The lowest BCUT2D eigenvalue weighted by atomic mass is 10.0. The van der Waals surface area contributed by atoms with Crippen LogP contribution < -0.4 is 9.47 Å². The van der Waals surface area contributed by atoms with E-state index in [1.54, 1.807) is 36.4 Å². The van der Waals surface area contributed by atoms with E-state index in [0.29, 0.717) is 22.6 Å². The SMILES string of the molecule is COc1ccc(OC)c(-c2cc(C(=O)N3N=C(C(F)F)C[C@@]3(O)C(F)F)c3ccccc3n2)c1. The zero-order valence-electron chi connectivity index (χ0n) is 18.0. The number of aromatic nitrogens is 1. The Kier molecular flexibility index (Phi) is 6.13. The summed E-state index contributed by atoms with van der Waals surface area (Å²) in [6, 6.07) is 12.6. The first kappa shape index (κ1) is 23.4.